The summed E-state index contributed by atoms with van der Waals surface area (Å²) in [5, 5.41) is 17.2. The van der Waals surface area contributed by atoms with Crippen LogP contribution < -0.4 is 10.1 Å². The number of hydrogen-bond acceptors (Lipinski definition) is 4. The van der Waals surface area contributed by atoms with E-state index in [0.717, 1.165) is 35.3 Å². The number of methoxy groups -OCH3 is 1. The summed E-state index contributed by atoms with van der Waals surface area (Å²) >= 11 is 0. The molecule has 0 bridgehead atoms. The van der Waals surface area contributed by atoms with Crippen molar-refractivity contribution < 1.29 is 9.84 Å². The highest BCUT2D eigenvalue weighted by Gasteiger charge is 2.21. The number of anilines is 1. The van der Waals surface area contributed by atoms with Crippen molar-refractivity contribution in [2.45, 2.75) is 19.4 Å². The molecule has 0 amide bonds. The first-order valence-corrected chi connectivity index (χ1v) is 7.37. The van der Waals surface area contributed by atoms with Gasteiger partial charge in [-0.1, -0.05) is 12.1 Å². The molecule has 0 spiro atoms. The zero-order valence-corrected chi connectivity index (χ0v) is 12.2. The van der Waals surface area contributed by atoms with Crippen LogP contribution in [0.25, 0.3) is 11.3 Å². The Kier molecular flexibility index (Phi) is 4.10. The maximum Gasteiger partial charge on any atom is 0.125 e. The van der Waals surface area contributed by atoms with Crippen molar-refractivity contribution in [3.8, 4) is 17.0 Å². The molecule has 1 aromatic heterocycles. The molecule has 1 fully saturated rings. The Morgan fingerprint density at radius 2 is 2.24 bits per heavy atom. The smallest absolute Gasteiger partial charge is 0.125 e. The number of aliphatic hydroxyl groups excluding tert-OH is 1. The van der Waals surface area contributed by atoms with Crippen molar-refractivity contribution in [2.75, 3.05) is 25.6 Å². The van der Waals surface area contributed by atoms with Crippen molar-refractivity contribution in [1.29, 1.82) is 0 Å². The third-order valence-corrected chi connectivity index (χ3v) is 3.73. The summed E-state index contributed by atoms with van der Waals surface area (Å²) in [4.78, 5) is 0. The van der Waals surface area contributed by atoms with Crippen LogP contribution in [0.5, 0.6) is 5.75 Å². The monoisotopic (exact) mass is 287 g/mol. The van der Waals surface area contributed by atoms with Crippen molar-refractivity contribution in [3.05, 3.63) is 30.3 Å². The predicted molar refractivity (Wildman–Crippen MR) is 82.5 cm³/mol. The van der Waals surface area contributed by atoms with Gasteiger partial charge in [-0.15, -0.1) is 0 Å². The molecule has 5 nitrogen and oxygen atoms in total. The van der Waals surface area contributed by atoms with Gasteiger partial charge in [0.15, 0.2) is 0 Å². The van der Waals surface area contributed by atoms with Crippen molar-refractivity contribution >= 4 is 5.82 Å². The van der Waals surface area contributed by atoms with Crippen molar-refractivity contribution in [2.24, 2.45) is 5.92 Å². The third kappa shape index (κ3) is 3.36. The van der Waals surface area contributed by atoms with E-state index in [9.17, 15) is 5.11 Å². The van der Waals surface area contributed by atoms with E-state index in [4.69, 9.17) is 4.74 Å². The molecule has 1 aliphatic carbocycles. The first-order chi connectivity index (χ1) is 10.3. The molecule has 5 heteroatoms. The van der Waals surface area contributed by atoms with Gasteiger partial charge in [0.2, 0.25) is 0 Å². The highest BCUT2D eigenvalue weighted by atomic mass is 16.5. The van der Waals surface area contributed by atoms with Crippen LogP contribution in [-0.4, -0.2) is 35.1 Å². The predicted octanol–water partition coefficient (Wildman–Crippen LogP) is 2.37. The fraction of sp³-hybridized carbons (Fsp3) is 0.438. The molecule has 3 rings (SSSR count). The number of aromatic nitrogens is 2. The molecule has 0 atom stereocenters. The topological polar surface area (TPSA) is 59.3 Å². The highest BCUT2D eigenvalue weighted by molar-refractivity contribution is 5.64. The summed E-state index contributed by atoms with van der Waals surface area (Å²) in [5.41, 5.74) is 1.90. The molecule has 2 aromatic rings. The minimum atomic E-state index is 0.0807. The van der Waals surface area contributed by atoms with Crippen molar-refractivity contribution in [3.63, 3.8) is 0 Å². The van der Waals surface area contributed by atoms with E-state index in [2.05, 4.69) is 10.4 Å². The first kappa shape index (κ1) is 13.9. The molecule has 1 aliphatic rings. The normalized spacial score (nSPS) is 14.2. The van der Waals surface area contributed by atoms with Gasteiger partial charge in [0.05, 0.1) is 26.0 Å². The van der Waals surface area contributed by atoms with Gasteiger partial charge in [0, 0.05) is 18.2 Å². The summed E-state index contributed by atoms with van der Waals surface area (Å²) < 4.78 is 7.09. The van der Waals surface area contributed by atoms with Gasteiger partial charge in [0.25, 0.3) is 0 Å². The molecule has 1 saturated carbocycles. The van der Waals surface area contributed by atoms with Crippen LogP contribution in [0, 0.1) is 5.92 Å². The summed E-state index contributed by atoms with van der Waals surface area (Å²) in [5.74, 6) is 2.58. The van der Waals surface area contributed by atoms with Crippen LogP contribution in [0.4, 0.5) is 5.82 Å². The Hall–Kier alpha value is -2.01. The second-order valence-electron chi connectivity index (χ2n) is 5.42. The second-order valence-corrected chi connectivity index (χ2v) is 5.42. The fourth-order valence-electron chi connectivity index (χ4n) is 2.32. The fourth-order valence-corrected chi connectivity index (χ4v) is 2.32. The van der Waals surface area contributed by atoms with Gasteiger partial charge in [-0.3, -0.25) is 0 Å². The lowest BCUT2D eigenvalue weighted by Gasteiger charge is -2.07. The average Bonchev–Trinajstić information content (AvgIpc) is 3.26. The molecule has 2 N–H and O–H groups in total. The van der Waals surface area contributed by atoms with Crippen LogP contribution in [0.3, 0.4) is 0 Å². The van der Waals surface area contributed by atoms with Gasteiger partial charge >= 0.3 is 0 Å². The Bertz CT molecular complexity index is 605. The SMILES string of the molecule is COc1cccc(-c2cc(NCC3CC3)n(CCO)n2)c1. The van der Waals surface area contributed by atoms with Crippen LogP contribution in [-0.2, 0) is 6.54 Å². The average molecular weight is 287 g/mol. The quantitative estimate of drug-likeness (QED) is 0.821. The summed E-state index contributed by atoms with van der Waals surface area (Å²) in [6.07, 6.45) is 2.62. The van der Waals surface area contributed by atoms with Gasteiger partial charge < -0.3 is 15.2 Å². The Labute approximate surface area is 124 Å². The summed E-state index contributed by atoms with van der Waals surface area (Å²) in [6.45, 7) is 1.56. The molecule has 1 heterocycles. The number of rotatable bonds is 7. The number of ether oxygens (including phenoxy) is 1. The van der Waals surface area contributed by atoms with Gasteiger partial charge in [-0.05, 0) is 30.9 Å². The van der Waals surface area contributed by atoms with E-state index in [1.807, 2.05) is 35.0 Å². The summed E-state index contributed by atoms with van der Waals surface area (Å²) in [7, 11) is 1.66. The molecular weight excluding hydrogens is 266 g/mol. The number of nitrogens with zero attached hydrogens (tertiary/aromatic N) is 2. The Morgan fingerprint density at radius 3 is 2.95 bits per heavy atom. The summed E-state index contributed by atoms with van der Waals surface area (Å²) in [6, 6.07) is 9.89. The minimum Gasteiger partial charge on any atom is -0.497 e. The number of hydrogen-bond donors (Lipinski definition) is 2. The number of nitrogens with one attached hydrogen (secondary N) is 1. The maximum atomic E-state index is 9.19. The van der Waals surface area contributed by atoms with Crippen LogP contribution in [0.2, 0.25) is 0 Å². The van der Waals surface area contributed by atoms with Crippen molar-refractivity contribution in [1.82, 2.24) is 9.78 Å². The molecular formula is C16H21N3O2. The standard InChI is InChI=1S/C16H21N3O2/c1-21-14-4-2-3-13(9-14)15-10-16(17-11-12-5-6-12)19(18-15)7-8-20/h2-4,9-10,12,17,20H,5-8,11H2,1H3. The minimum absolute atomic E-state index is 0.0807. The lowest BCUT2D eigenvalue weighted by molar-refractivity contribution is 0.270. The Balaban J connectivity index is 1.84. The molecule has 0 unspecified atom stereocenters. The second kappa shape index (κ2) is 6.18. The van der Waals surface area contributed by atoms with Crippen LogP contribution >= 0.6 is 0 Å². The first-order valence-electron chi connectivity index (χ1n) is 7.37. The maximum absolute atomic E-state index is 9.19. The molecule has 1 aromatic carbocycles. The van der Waals surface area contributed by atoms with E-state index in [1.165, 1.54) is 12.8 Å². The molecule has 21 heavy (non-hydrogen) atoms. The number of aliphatic hydroxyl groups is 1. The van der Waals surface area contributed by atoms with E-state index in [1.54, 1.807) is 7.11 Å². The largest absolute Gasteiger partial charge is 0.497 e. The van der Waals surface area contributed by atoms with E-state index >= 15 is 0 Å². The molecule has 112 valence electrons. The molecule has 0 aliphatic heterocycles. The third-order valence-electron chi connectivity index (χ3n) is 3.73. The lowest BCUT2D eigenvalue weighted by atomic mass is 10.1. The van der Waals surface area contributed by atoms with E-state index < -0.39 is 0 Å². The molecule has 0 radical (unpaired) electrons. The van der Waals surface area contributed by atoms with E-state index in [-0.39, 0.29) is 6.61 Å². The number of benzene rings is 1. The van der Waals surface area contributed by atoms with Gasteiger partial charge in [0.1, 0.15) is 11.6 Å². The van der Waals surface area contributed by atoms with Gasteiger partial charge in [-0.2, -0.15) is 5.10 Å². The molecule has 0 saturated heterocycles. The highest BCUT2D eigenvalue weighted by Crippen LogP contribution is 2.30. The van der Waals surface area contributed by atoms with E-state index in [0.29, 0.717) is 6.54 Å². The zero-order valence-electron chi connectivity index (χ0n) is 12.2. The van der Waals surface area contributed by atoms with Crippen LogP contribution in [0.1, 0.15) is 12.8 Å². The zero-order chi connectivity index (χ0) is 14.7. The van der Waals surface area contributed by atoms with Gasteiger partial charge in [-0.25, -0.2) is 4.68 Å². The Morgan fingerprint density at radius 1 is 1.38 bits per heavy atom. The lowest BCUT2D eigenvalue weighted by Crippen LogP contribution is -2.11. The van der Waals surface area contributed by atoms with Crippen LogP contribution in [0.15, 0.2) is 30.3 Å².